The quantitative estimate of drug-likeness (QED) is 0.675. The number of hydrogen-bond acceptors (Lipinski definition) is 1. The highest BCUT2D eigenvalue weighted by Crippen LogP contribution is 2.53. The van der Waals surface area contributed by atoms with E-state index in [1.54, 1.807) is 0 Å². The highest BCUT2D eigenvalue weighted by Gasteiger charge is 2.44. The van der Waals surface area contributed by atoms with E-state index in [0.29, 0.717) is 18.4 Å². The van der Waals surface area contributed by atoms with Crippen LogP contribution in [0.2, 0.25) is 0 Å². The molecule has 0 bridgehead atoms. The van der Waals surface area contributed by atoms with Gasteiger partial charge in [-0.15, -0.1) is 13.2 Å². The van der Waals surface area contributed by atoms with Crippen LogP contribution in [0.4, 0.5) is 0 Å². The van der Waals surface area contributed by atoms with Crippen LogP contribution in [0.5, 0.6) is 0 Å². The van der Waals surface area contributed by atoms with Crippen molar-refractivity contribution in [3.05, 3.63) is 66.5 Å². The van der Waals surface area contributed by atoms with Crippen molar-refractivity contribution in [3.63, 3.8) is 0 Å². The van der Waals surface area contributed by atoms with Crippen molar-refractivity contribution in [3.8, 4) is 0 Å². The maximum Gasteiger partial charge on any atom is 0.113 e. The predicted octanol–water partition coefficient (Wildman–Crippen LogP) is 5.35. The van der Waals surface area contributed by atoms with Gasteiger partial charge >= 0.3 is 0 Å². The van der Waals surface area contributed by atoms with Crippen molar-refractivity contribution >= 4 is 6.08 Å². The van der Waals surface area contributed by atoms with E-state index in [0.717, 1.165) is 12.2 Å². The molecule has 1 aromatic carbocycles. The second-order valence-electron chi connectivity index (χ2n) is 6.54. The first-order valence-electron chi connectivity index (χ1n) is 7.84. The van der Waals surface area contributed by atoms with Crippen LogP contribution in [0.1, 0.15) is 37.3 Å². The molecule has 0 saturated heterocycles. The molecular formula is C20H24O. The van der Waals surface area contributed by atoms with Crippen LogP contribution in [0.3, 0.4) is 0 Å². The molecule has 21 heavy (non-hydrogen) atoms. The standard InChI is InChI=1S/C20H24O/c1-4-17-10-11-18(5-2)20(17,3)13-19-12-15-8-6-7-9-16(15)14-21-19/h4-9,12,17-18H,1-2,10-11,13-14H2,3H3. The summed E-state index contributed by atoms with van der Waals surface area (Å²) in [5.74, 6) is 2.20. The number of benzene rings is 1. The zero-order valence-corrected chi connectivity index (χ0v) is 12.8. The van der Waals surface area contributed by atoms with E-state index < -0.39 is 0 Å². The van der Waals surface area contributed by atoms with E-state index in [2.05, 4.69) is 62.6 Å². The number of allylic oxidation sites excluding steroid dienone is 3. The predicted molar refractivity (Wildman–Crippen MR) is 88.5 cm³/mol. The Morgan fingerprint density at radius 2 is 1.86 bits per heavy atom. The lowest BCUT2D eigenvalue weighted by Crippen LogP contribution is -2.28. The molecule has 2 atom stereocenters. The molecule has 0 aromatic heterocycles. The van der Waals surface area contributed by atoms with Gasteiger partial charge in [-0.1, -0.05) is 43.3 Å². The minimum atomic E-state index is 0.182. The lowest BCUT2D eigenvalue weighted by molar-refractivity contribution is 0.130. The number of hydrogen-bond donors (Lipinski definition) is 0. The first-order valence-corrected chi connectivity index (χ1v) is 7.84. The summed E-state index contributed by atoms with van der Waals surface area (Å²) in [6.07, 6.45) is 9.85. The summed E-state index contributed by atoms with van der Waals surface area (Å²) in [5, 5.41) is 0. The Balaban J connectivity index is 1.87. The third kappa shape index (κ3) is 2.46. The average Bonchev–Trinajstić information content (AvgIpc) is 2.82. The Hall–Kier alpha value is -1.76. The largest absolute Gasteiger partial charge is 0.493 e. The topological polar surface area (TPSA) is 9.23 Å². The van der Waals surface area contributed by atoms with Crippen LogP contribution in [0.25, 0.3) is 6.08 Å². The summed E-state index contributed by atoms with van der Waals surface area (Å²) in [6.45, 7) is 11.1. The third-order valence-electron chi connectivity index (χ3n) is 5.39. The molecule has 0 N–H and O–H groups in total. The zero-order chi connectivity index (χ0) is 14.9. The first-order chi connectivity index (χ1) is 10.2. The van der Waals surface area contributed by atoms with Crippen LogP contribution < -0.4 is 0 Å². The summed E-state index contributed by atoms with van der Waals surface area (Å²) in [4.78, 5) is 0. The summed E-state index contributed by atoms with van der Waals surface area (Å²) in [7, 11) is 0. The second kappa shape index (κ2) is 5.55. The van der Waals surface area contributed by atoms with E-state index in [1.807, 2.05) is 0 Å². The summed E-state index contributed by atoms with van der Waals surface area (Å²) in [6, 6.07) is 8.47. The van der Waals surface area contributed by atoms with Gasteiger partial charge in [-0.25, -0.2) is 0 Å². The molecule has 1 saturated carbocycles. The summed E-state index contributed by atoms with van der Waals surface area (Å²) in [5.41, 5.74) is 2.76. The first kappa shape index (κ1) is 14.2. The number of fused-ring (bicyclic) bond motifs is 1. The Bertz CT molecular complexity index is 565. The molecule has 110 valence electrons. The highest BCUT2D eigenvalue weighted by molar-refractivity contribution is 5.57. The number of rotatable bonds is 4. The van der Waals surface area contributed by atoms with Crippen molar-refractivity contribution in [2.24, 2.45) is 17.3 Å². The number of ether oxygens (including phenoxy) is 1. The summed E-state index contributed by atoms with van der Waals surface area (Å²) >= 11 is 0. The zero-order valence-electron chi connectivity index (χ0n) is 12.8. The summed E-state index contributed by atoms with van der Waals surface area (Å²) < 4.78 is 6.01. The van der Waals surface area contributed by atoms with E-state index in [1.165, 1.54) is 24.0 Å². The third-order valence-corrected chi connectivity index (χ3v) is 5.39. The molecule has 1 heterocycles. The minimum Gasteiger partial charge on any atom is -0.493 e. The van der Waals surface area contributed by atoms with E-state index in [4.69, 9.17) is 4.74 Å². The molecule has 1 aliphatic carbocycles. The van der Waals surface area contributed by atoms with Crippen LogP contribution in [-0.4, -0.2) is 0 Å². The lowest BCUT2D eigenvalue weighted by Gasteiger charge is -2.36. The highest BCUT2D eigenvalue weighted by atomic mass is 16.5. The molecule has 0 spiro atoms. The van der Waals surface area contributed by atoms with Crippen molar-refractivity contribution in [2.75, 3.05) is 0 Å². The van der Waals surface area contributed by atoms with Crippen molar-refractivity contribution < 1.29 is 4.74 Å². The maximum atomic E-state index is 6.01. The fourth-order valence-corrected chi connectivity index (χ4v) is 4.00. The molecule has 2 unspecified atom stereocenters. The van der Waals surface area contributed by atoms with Crippen molar-refractivity contribution in [1.29, 1.82) is 0 Å². The van der Waals surface area contributed by atoms with Crippen LogP contribution in [-0.2, 0) is 11.3 Å². The van der Waals surface area contributed by atoms with Crippen molar-refractivity contribution in [1.82, 2.24) is 0 Å². The van der Waals surface area contributed by atoms with Crippen LogP contribution >= 0.6 is 0 Å². The van der Waals surface area contributed by atoms with Crippen LogP contribution in [0, 0.1) is 17.3 Å². The molecular weight excluding hydrogens is 256 g/mol. The van der Waals surface area contributed by atoms with Gasteiger partial charge in [-0.05, 0) is 47.3 Å². The molecule has 1 heteroatoms. The molecule has 1 fully saturated rings. The van der Waals surface area contributed by atoms with Gasteiger partial charge in [0.1, 0.15) is 6.61 Å². The molecule has 3 rings (SSSR count). The van der Waals surface area contributed by atoms with Gasteiger partial charge in [-0.3, -0.25) is 0 Å². The Morgan fingerprint density at radius 3 is 2.52 bits per heavy atom. The van der Waals surface area contributed by atoms with E-state index in [-0.39, 0.29) is 5.41 Å². The molecule has 1 aromatic rings. The average molecular weight is 280 g/mol. The van der Waals surface area contributed by atoms with Crippen LogP contribution in [0.15, 0.2) is 55.3 Å². The van der Waals surface area contributed by atoms with Gasteiger partial charge in [0.15, 0.2) is 0 Å². The van der Waals surface area contributed by atoms with Gasteiger partial charge < -0.3 is 4.74 Å². The molecule has 2 aliphatic rings. The SMILES string of the molecule is C=CC1CCC(C=C)C1(C)CC1=Cc2ccccc2CO1. The molecule has 0 amide bonds. The maximum absolute atomic E-state index is 6.01. The smallest absolute Gasteiger partial charge is 0.113 e. The van der Waals surface area contributed by atoms with Gasteiger partial charge in [0.25, 0.3) is 0 Å². The fourth-order valence-electron chi connectivity index (χ4n) is 4.00. The Labute approximate surface area is 128 Å². The Kier molecular flexibility index (Phi) is 3.75. The van der Waals surface area contributed by atoms with Gasteiger partial charge in [0.2, 0.25) is 0 Å². The fraction of sp³-hybridized carbons (Fsp3) is 0.400. The van der Waals surface area contributed by atoms with Gasteiger partial charge in [0.05, 0.1) is 5.76 Å². The minimum absolute atomic E-state index is 0.182. The monoisotopic (exact) mass is 280 g/mol. The van der Waals surface area contributed by atoms with E-state index >= 15 is 0 Å². The molecule has 1 aliphatic heterocycles. The van der Waals surface area contributed by atoms with Crippen molar-refractivity contribution in [2.45, 2.75) is 32.8 Å². The normalized spacial score (nSPS) is 31.0. The van der Waals surface area contributed by atoms with E-state index in [9.17, 15) is 0 Å². The van der Waals surface area contributed by atoms with Gasteiger partial charge in [-0.2, -0.15) is 0 Å². The lowest BCUT2D eigenvalue weighted by atomic mass is 9.70. The second-order valence-corrected chi connectivity index (χ2v) is 6.54. The Morgan fingerprint density at radius 1 is 1.19 bits per heavy atom. The molecule has 1 nitrogen and oxygen atoms in total. The van der Waals surface area contributed by atoms with Gasteiger partial charge in [0, 0.05) is 6.42 Å². The molecule has 0 radical (unpaired) electrons.